The van der Waals surface area contributed by atoms with Crippen LogP contribution in [0.15, 0.2) is 30.3 Å². The van der Waals surface area contributed by atoms with Gasteiger partial charge in [0, 0.05) is 18.7 Å². The van der Waals surface area contributed by atoms with Crippen LogP contribution in [0.5, 0.6) is 5.75 Å². The molecular formula is C20H25N5O4. The molecule has 0 saturated carbocycles. The van der Waals surface area contributed by atoms with E-state index in [4.69, 9.17) is 4.74 Å². The Morgan fingerprint density at radius 2 is 2.00 bits per heavy atom. The van der Waals surface area contributed by atoms with Crippen LogP contribution in [-0.2, 0) is 20.9 Å². The molecule has 154 valence electrons. The molecule has 1 fully saturated rings. The summed E-state index contributed by atoms with van der Waals surface area (Å²) in [5.74, 6) is -0.927. The van der Waals surface area contributed by atoms with E-state index in [9.17, 15) is 14.4 Å². The Balaban J connectivity index is 1.56. The Kier molecular flexibility index (Phi) is 6.16. The summed E-state index contributed by atoms with van der Waals surface area (Å²) >= 11 is 0. The Labute approximate surface area is 169 Å². The third kappa shape index (κ3) is 4.74. The second-order valence-electron chi connectivity index (χ2n) is 6.93. The highest BCUT2D eigenvalue weighted by molar-refractivity contribution is 6.01. The Morgan fingerprint density at radius 3 is 2.69 bits per heavy atom. The third-order valence-electron chi connectivity index (χ3n) is 4.67. The first-order valence-corrected chi connectivity index (χ1v) is 9.51. The molecule has 1 aromatic carbocycles. The van der Waals surface area contributed by atoms with Crippen LogP contribution in [-0.4, -0.2) is 40.7 Å². The first-order valence-electron chi connectivity index (χ1n) is 9.51. The molecule has 29 heavy (non-hydrogen) atoms. The molecule has 9 nitrogen and oxygen atoms in total. The minimum absolute atomic E-state index is 0.00257. The van der Waals surface area contributed by atoms with E-state index in [0.717, 1.165) is 11.4 Å². The average Bonchev–Trinajstić information content (AvgIpc) is 3.22. The molecule has 0 radical (unpaired) electrons. The van der Waals surface area contributed by atoms with Crippen molar-refractivity contribution in [2.75, 3.05) is 18.1 Å². The molecule has 1 aromatic heterocycles. The summed E-state index contributed by atoms with van der Waals surface area (Å²) in [6.07, 6.45) is 0.0691. The Morgan fingerprint density at radius 1 is 1.24 bits per heavy atom. The van der Waals surface area contributed by atoms with Crippen molar-refractivity contribution in [3.8, 4) is 5.75 Å². The number of hydrogen-bond acceptors (Lipinski definition) is 5. The zero-order valence-corrected chi connectivity index (χ0v) is 16.8. The highest BCUT2D eigenvalue weighted by Gasteiger charge is 2.36. The number of carbonyl (C=O) groups is 3. The Hall–Kier alpha value is -3.36. The summed E-state index contributed by atoms with van der Waals surface area (Å²) in [6, 6.07) is 9.10. The predicted molar refractivity (Wildman–Crippen MR) is 106 cm³/mol. The van der Waals surface area contributed by atoms with E-state index in [1.807, 2.05) is 39.0 Å². The van der Waals surface area contributed by atoms with Gasteiger partial charge in [0.15, 0.2) is 0 Å². The number of nitrogens with zero attached hydrogens (tertiary/aromatic N) is 3. The van der Waals surface area contributed by atoms with Crippen LogP contribution in [0.4, 0.5) is 5.69 Å². The molecule has 2 aromatic rings. The monoisotopic (exact) mass is 399 g/mol. The molecule has 1 atom stereocenters. The minimum atomic E-state index is -0.564. The standard InChI is InChI=1S/C20H25N5O4/c1-4-29-17-8-6-5-7-16(17)24-11-15(10-19(24)27)20(28)22-21-18(26)12-25-14(3)9-13(2)23-25/h5-9,15H,4,10-12H2,1-3H3,(H,21,26)(H,22,28)/t15-/m1/s1. The van der Waals surface area contributed by atoms with Gasteiger partial charge < -0.3 is 9.64 Å². The first-order chi connectivity index (χ1) is 13.9. The maximum absolute atomic E-state index is 12.5. The summed E-state index contributed by atoms with van der Waals surface area (Å²) in [6.45, 7) is 6.26. The number of aromatic nitrogens is 2. The molecule has 3 amide bonds. The highest BCUT2D eigenvalue weighted by atomic mass is 16.5. The molecule has 0 unspecified atom stereocenters. The molecule has 1 saturated heterocycles. The van der Waals surface area contributed by atoms with Gasteiger partial charge in [-0.05, 0) is 39.0 Å². The molecule has 0 bridgehead atoms. The van der Waals surface area contributed by atoms with E-state index in [1.165, 1.54) is 0 Å². The van der Waals surface area contributed by atoms with Crippen LogP contribution in [0.25, 0.3) is 0 Å². The molecule has 1 aliphatic heterocycles. The second-order valence-corrected chi connectivity index (χ2v) is 6.93. The van der Waals surface area contributed by atoms with Crippen molar-refractivity contribution in [3.63, 3.8) is 0 Å². The fraction of sp³-hybridized carbons (Fsp3) is 0.400. The normalized spacial score (nSPS) is 16.0. The summed E-state index contributed by atoms with van der Waals surface area (Å²) < 4.78 is 7.14. The van der Waals surface area contributed by atoms with E-state index in [-0.39, 0.29) is 25.4 Å². The van der Waals surface area contributed by atoms with Crippen LogP contribution in [0.2, 0.25) is 0 Å². The fourth-order valence-electron chi connectivity index (χ4n) is 3.32. The molecule has 0 aliphatic carbocycles. The van der Waals surface area contributed by atoms with Gasteiger partial charge in [-0.15, -0.1) is 0 Å². The summed E-state index contributed by atoms with van der Waals surface area (Å²) in [5.41, 5.74) is 7.12. The van der Waals surface area contributed by atoms with Crippen molar-refractivity contribution >= 4 is 23.4 Å². The van der Waals surface area contributed by atoms with Crippen molar-refractivity contribution in [2.24, 2.45) is 5.92 Å². The number of rotatable bonds is 6. The van der Waals surface area contributed by atoms with Gasteiger partial charge in [-0.1, -0.05) is 12.1 Å². The second kappa shape index (κ2) is 8.76. The highest BCUT2D eigenvalue weighted by Crippen LogP contribution is 2.33. The largest absolute Gasteiger partial charge is 0.492 e. The predicted octanol–water partition coefficient (Wildman–Crippen LogP) is 1.10. The molecule has 0 spiro atoms. The number of amides is 3. The van der Waals surface area contributed by atoms with E-state index in [2.05, 4.69) is 16.0 Å². The fourth-order valence-corrected chi connectivity index (χ4v) is 3.32. The van der Waals surface area contributed by atoms with E-state index in [1.54, 1.807) is 21.7 Å². The number of hydrogen-bond donors (Lipinski definition) is 2. The number of anilines is 1. The quantitative estimate of drug-likeness (QED) is 0.708. The first kappa shape index (κ1) is 20.4. The number of para-hydroxylation sites is 2. The lowest BCUT2D eigenvalue weighted by molar-refractivity contribution is -0.131. The zero-order valence-electron chi connectivity index (χ0n) is 16.8. The molecular weight excluding hydrogens is 374 g/mol. The SMILES string of the molecule is CCOc1ccccc1N1C[C@H](C(=O)NNC(=O)Cn2nc(C)cc2C)CC1=O. The van der Waals surface area contributed by atoms with Gasteiger partial charge in [0.25, 0.3) is 5.91 Å². The van der Waals surface area contributed by atoms with Crippen molar-refractivity contribution < 1.29 is 19.1 Å². The van der Waals surface area contributed by atoms with Crippen molar-refractivity contribution in [3.05, 3.63) is 41.7 Å². The lowest BCUT2D eigenvalue weighted by atomic mass is 10.1. The van der Waals surface area contributed by atoms with Crippen LogP contribution >= 0.6 is 0 Å². The van der Waals surface area contributed by atoms with Crippen molar-refractivity contribution in [1.82, 2.24) is 20.6 Å². The van der Waals surface area contributed by atoms with Gasteiger partial charge in [-0.3, -0.25) is 29.9 Å². The van der Waals surface area contributed by atoms with Gasteiger partial charge in [0.05, 0.1) is 23.9 Å². The number of ether oxygens (including phenoxy) is 1. The van der Waals surface area contributed by atoms with E-state index in [0.29, 0.717) is 18.0 Å². The van der Waals surface area contributed by atoms with Gasteiger partial charge >= 0.3 is 0 Å². The zero-order chi connectivity index (χ0) is 21.0. The molecule has 9 heteroatoms. The number of aryl methyl sites for hydroxylation is 2. The number of carbonyl (C=O) groups excluding carboxylic acids is 3. The maximum atomic E-state index is 12.5. The molecule has 3 rings (SSSR count). The molecule has 2 N–H and O–H groups in total. The van der Waals surface area contributed by atoms with Gasteiger partial charge in [0.2, 0.25) is 11.8 Å². The third-order valence-corrected chi connectivity index (χ3v) is 4.67. The molecule has 2 heterocycles. The topological polar surface area (TPSA) is 106 Å². The summed E-state index contributed by atoms with van der Waals surface area (Å²) in [7, 11) is 0. The van der Waals surface area contributed by atoms with Crippen LogP contribution in [0.3, 0.4) is 0 Å². The summed E-state index contributed by atoms with van der Waals surface area (Å²) in [4.78, 5) is 38.5. The van der Waals surface area contributed by atoms with Crippen LogP contribution in [0.1, 0.15) is 24.7 Å². The Bertz CT molecular complexity index is 923. The van der Waals surface area contributed by atoms with Crippen molar-refractivity contribution in [1.29, 1.82) is 0 Å². The van der Waals surface area contributed by atoms with Gasteiger partial charge in [-0.25, -0.2) is 0 Å². The lowest BCUT2D eigenvalue weighted by Crippen LogP contribution is -2.46. The van der Waals surface area contributed by atoms with Crippen molar-refractivity contribution in [2.45, 2.75) is 33.7 Å². The minimum Gasteiger partial charge on any atom is -0.492 e. The van der Waals surface area contributed by atoms with E-state index >= 15 is 0 Å². The molecule has 1 aliphatic rings. The number of nitrogens with one attached hydrogen (secondary N) is 2. The smallest absolute Gasteiger partial charge is 0.260 e. The maximum Gasteiger partial charge on any atom is 0.260 e. The number of benzene rings is 1. The van der Waals surface area contributed by atoms with Gasteiger partial charge in [0.1, 0.15) is 12.3 Å². The lowest BCUT2D eigenvalue weighted by Gasteiger charge is -2.20. The average molecular weight is 399 g/mol. The van der Waals surface area contributed by atoms with Crippen LogP contribution in [0, 0.1) is 19.8 Å². The van der Waals surface area contributed by atoms with Gasteiger partial charge in [-0.2, -0.15) is 5.10 Å². The van der Waals surface area contributed by atoms with Crippen LogP contribution < -0.4 is 20.5 Å². The number of hydrazine groups is 1. The van der Waals surface area contributed by atoms with E-state index < -0.39 is 17.7 Å². The summed E-state index contributed by atoms with van der Waals surface area (Å²) in [5, 5.41) is 4.21.